The van der Waals surface area contributed by atoms with Crippen molar-refractivity contribution in [1.82, 2.24) is 25.3 Å². The van der Waals surface area contributed by atoms with Gasteiger partial charge in [0.1, 0.15) is 5.75 Å². The Morgan fingerprint density at radius 3 is 2.80 bits per heavy atom. The number of carbonyl (C=O) groups excluding carboxylic acids is 1. The number of ether oxygens (including phenoxy) is 1. The van der Waals surface area contributed by atoms with Crippen LogP contribution in [0.5, 0.6) is 5.75 Å². The molecular weight excluding hydrogens is 495 g/mol. The highest BCUT2D eigenvalue weighted by molar-refractivity contribution is 14.0. The molecule has 0 aliphatic carbocycles. The first-order valence-electron chi connectivity index (χ1n) is 10.0. The molecule has 2 fully saturated rings. The monoisotopic (exact) mass is 524 g/mol. The molecular formula is C21H29IN6O2. The molecule has 2 aromatic rings. The topological polar surface area (TPSA) is 83.8 Å². The molecule has 1 amide bonds. The standard InChI is InChI=1S/C21H28N6O2.HI/c1-22-20(26-10-3-9-21(15-26)12-19(28)24-14-21)23-13-16-8-11-27(25-16)17-4-6-18(29-2)7-5-17;/h4-8,11H,3,9-10,12-15H2,1-2H3,(H,22,23)(H,24,28);1H. The van der Waals surface area contributed by atoms with Gasteiger partial charge in [-0.15, -0.1) is 24.0 Å². The molecule has 2 N–H and O–H groups in total. The second-order valence-corrected chi connectivity index (χ2v) is 7.83. The van der Waals surface area contributed by atoms with E-state index in [1.165, 1.54) is 0 Å². The van der Waals surface area contributed by atoms with Gasteiger partial charge in [0.25, 0.3) is 0 Å². The van der Waals surface area contributed by atoms with E-state index in [0.29, 0.717) is 13.0 Å². The number of halogens is 1. The summed E-state index contributed by atoms with van der Waals surface area (Å²) in [7, 11) is 3.46. The molecule has 2 aliphatic heterocycles. The van der Waals surface area contributed by atoms with E-state index >= 15 is 0 Å². The van der Waals surface area contributed by atoms with E-state index in [-0.39, 0.29) is 35.3 Å². The second-order valence-electron chi connectivity index (χ2n) is 7.83. The number of benzene rings is 1. The van der Waals surface area contributed by atoms with Crippen molar-refractivity contribution in [2.24, 2.45) is 10.4 Å². The van der Waals surface area contributed by atoms with Crippen LogP contribution in [-0.2, 0) is 11.3 Å². The number of carbonyl (C=O) groups is 1. The van der Waals surface area contributed by atoms with Crippen LogP contribution in [0.3, 0.4) is 0 Å². The van der Waals surface area contributed by atoms with Crippen molar-refractivity contribution in [3.05, 3.63) is 42.2 Å². The van der Waals surface area contributed by atoms with Crippen LogP contribution in [-0.4, -0.2) is 60.3 Å². The zero-order chi connectivity index (χ0) is 20.3. The summed E-state index contributed by atoms with van der Waals surface area (Å²) in [6.07, 6.45) is 4.73. The number of aliphatic imine (C=N–C) groups is 1. The minimum absolute atomic E-state index is 0. The Balaban J connectivity index is 0.00000256. The van der Waals surface area contributed by atoms with Gasteiger partial charge in [0.15, 0.2) is 5.96 Å². The largest absolute Gasteiger partial charge is 0.497 e. The molecule has 0 saturated carbocycles. The quantitative estimate of drug-likeness (QED) is 0.364. The number of rotatable bonds is 4. The van der Waals surface area contributed by atoms with Gasteiger partial charge < -0.3 is 20.3 Å². The molecule has 30 heavy (non-hydrogen) atoms. The van der Waals surface area contributed by atoms with Crippen molar-refractivity contribution in [1.29, 1.82) is 0 Å². The van der Waals surface area contributed by atoms with Crippen LogP contribution in [0.15, 0.2) is 41.5 Å². The van der Waals surface area contributed by atoms with Gasteiger partial charge in [-0.1, -0.05) is 0 Å². The summed E-state index contributed by atoms with van der Waals surface area (Å²) in [5, 5.41) is 11.1. The van der Waals surface area contributed by atoms with Crippen molar-refractivity contribution in [3.8, 4) is 11.4 Å². The Labute approximate surface area is 194 Å². The smallest absolute Gasteiger partial charge is 0.220 e. The molecule has 1 atom stereocenters. The van der Waals surface area contributed by atoms with Gasteiger partial charge in [-0.3, -0.25) is 9.79 Å². The molecule has 9 heteroatoms. The van der Waals surface area contributed by atoms with Gasteiger partial charge in [-0.25, -0.2) is 4.68 Å². The van der Waals surface area contributed by atoms with Gasteiger partial charge >= 0.3 is 0 Å². The number of hydrogen-bond donors (Lipinski definition) is 2. The lowest BCUT2D eigenvalue weighted by atomic mass is 9.79. The van der Waals surface area contributed by atoms with Crippen molar-refractivity contribution < 1.29 is 9.53 Å². The first-order valence-corrected chi connectivity index (χ1v) is 10.0. The predicted molar refractivity (Wildman–Crippen MR) is 127 cm³/mol. The normalized spacial score (nSPS) is 21.3. The number of nitrogens with one attached hydrogen (secondary N) is 2. The maximum Gasteiger partial charge on any atom is 0.220 e. The molecule has 3 heterocycles. The molecule has 0 radical (unpaired) electrons. The van der Waals surface area contributed by atoms with Crippen LogP contribution >= 0.6 is 24.0 Å². The van der Waals surface area contributed by atoms with E-state index < -0.39 is 0 Å². The number of aromatic nitrogens is 2. The molecule has 4 rings (SSSR count). The Morgan fingerprint density at radius 1 is 1.33 bits per heavy atom. The number of methoxy groups -OCH3 is 1. The van der Waals surface area contributed by atoms with Crippen LogP contribution in [0.4, 0.5) is 0 Å². The zero-order valence-electron chi connectivity index (χ0n) is 17.4. The molecule has 2 aliphatic rings. The Kier molecular flexibility index (Phi) is 7.22. The van der Waals surface area contributed by atoms with Crippen molar-refractivity contribution in [2.45, 2.75) is 25.8 Å². The van der Waals surface area contributed by atoms with E-state index in [4.69, 9.17) is 4.74 Å². The molecule has 162 valence electrons. The predicted octanol–water partition coefficient (Wildman–Crippen LogP) is 2.18. The lowest BCUT2D eigenvalue weighted by molar-refractivity contribution is -0.119. The number of amides is 1. The zero-order valence-corrected chi connectivity index (χ0v) is 19.8. The summed E-state index contributed by atoms with van der Waals surface area (Å²) in [6, 6.07) is 9.80. The van der Waals surface area contributed by atoms with Gasteiger partial charge in [-0.05, 0) is 43.2 Å². The third-order valence-electron chi connectivity index (χ3n) is 5.78. The first kappa shape index (κ1) is 22.4. The van der Waals surface area contributed by atoms with Crippen LogP contribution in [0.25, 0.3) is 5.69 Å². The molecule has 8 nitrogen and oxygen atoms in total. The van der Waals surface area contributed by atoms with Crippen molar-refractivity contribution >= 4 is 35.8 Å². The van der Waals surface area contributed by atoms with Crippen molar-refractivity contribution in [3.63, 3.8) is 0 Å². The summed E-state index contributed by atoms with van der Waals surface area (Å²) in [4.78, 5) is 18.5. The summed E-state index contributed by atoms with van der Waals surface area (Å²) < 4.78 is 7.06. The number of nitrogens with zero attached hydrogens (tertiary/aromatic N) is 4. The molecule has 1 unspecified atom stereocenters. The molecule has 0 bridgehead atoms. The number of guanidine groups is 1. The Hall–Kier alpha value is -2.30. The summed E-state index contributed by atoms with van der Waals surface area (Å²) in [5.74, 6) is 1.85. The number of hydrogen-bond acceptors (Lipinski definition) is 4. The summed E-state index contributed by atoms with van der Waals surface area (Å²) in [6.45, 7) is 3.17. The highest BCUT2D eigenvalue weighted by atomic mass is 127. The average molecular weight is 524 g/mol. The Bertz CT molecular complexity index is 897. The van der Waals surface area contributed by atoms with E-state index in [2.05, 4.69) is 25.6 Å². The lowest BCUT2D eigenvalue weighted by Gasteiger charge is -2.40. The fraction of sp³-hybridized carbons (Fsp3) is 0.476. The molecule has 2 saturated heterocycles. The third kappa shape index (κ3) is 4.88. The van der Waals surface area contributed by atoms with Crippen LogP contribution in [0, 0.1) is 5.41 Å². The summed E-state index contributed by atoms with van der Waals surface area (Å²) >= 11 is 0. The van der Waals surface area contributed by atoms with Gasteiger partial charge in [0.2, 0.25) is 5.91 Å². The number of piperidine rings is 1. The first-order chi connectivity index (χ1) is 14.1. The SMILES string of the molecule is CN=C(NCc1ccn(-c2ccc(OC)cc2)n1)N1CCCC2(CNC(=O)C2)C1.I. The van der Waals surface area contributed by atoms with Crippen LogP contribution in [0.1, 0.15) is 25.0 Å². The fourth-order valence-electron chi connectivity index (χ4n) is 4.27. The molecule has 1 aromatic heterocycles. The maximum atomic E-state index is 11.7. The van der Waals surface area contributed by atoms with Crippen LogP contribution in [0.2, 0.25) is 0 Å². The minimum atomic E-state index is 0. The number of likely N-dealkylation sites (tertiary alicyclic amines) is 1. The lowest BCUT2D eigenvalue weighted by Crippen LogP contribution is -2.51. The van der Waals surface area contributed by atoms with Gasteiger partial charge in [0.05, 0.1) is 25.0 Å². The van der Waals surface area contributed by atoms with E-state index in [0.717, 1.165) is 55.6 Å². The second kappa shape index (κ2) is 9.67. The highest BCUT2D eigenvalue weighted by Gasteiger charge is 2.42. The molecule has 1 spiro atoms. The van der Waals surface area contributed by atoms with Crippen LogP contribution < -0.4 is 15.4 Å². The summed E-state index contributed by atoms with van der Waals surface area (Å²) in [5.41, 5.74) is 1.97. The third-order valence-corrected chi connectivity index (χ3v) is 5.78. The Morgan fingerprint density at radius 2 is 2.13 bits per heavy atom. The van der Waals surface area contributed by atoms with Gasteiger partial charge in [-0.2, -0.15) is 5.10 Å². The molecule has 1 aromatic carbocycles. The van der Waals surface area contributed by atoms with Gasteiger partial charge in [0, 0.05) is 44.7 Å². The highest BCUT2D eigenvalue weighted by Crippen LogP contribution is 2.36. The van der Waals surface area contributed by atoms with Crippen molar-refractivity contribution in [2.75, 3.05) is 33.8 Å². The maximum absolute atomic E-state index is 11.7. The fourth-order valence-corrected chi connectivity index (χ4v) is 4.27. The van der Waals surface area contributed by atoms with E-state index in [9.17, 15) is 4.79 Å². The van der Waals surface area contributed by atoms with E-state index in [1.807, 2.05) is 41.2 Å². The average Bonchev–Trinajstić information content (AvgIpc) is 3.36. The van der Waals surface area contributed by atoms with E-state index in [1.54, 1.807) is 14.2 Å². The minimum Gasteiger partial charge on any atom is -0.497 e.